The molecule has 0 spiro atoms. The van der Waals surface area contributed by atoms with Gasteiger partial charge in [0.25, 0.3) is 0 Å². The minimum absolute atomic E-state index is 0.0531. The van der Waals surface area contributed by atoms with Gasteiger partial charge in [-0.3, -0.25) is 4.79 Å². The predicted octanol–water partition coefficient (Wildman–Crippen LogP) is 2.47. The summed E-state index contributed by atoms with van der Waals surface area (Å²) in [6.45, 7) is 4.03. The summed E-state index contributed by atoms with van der Waals surface area (Å²) >= 11 is 0. The van der Waals surface area contributed by atoms with Crippen LogP contribution in [0.5, 0.6) is 0 Å². The Morgan fingerprint density at radius 1 is 1.32 bits per heavy atom. The topological polar surface area (TPSA) is 46.3 Å². The summed E-state index contributed by atoms with van der Waals surface area (Å²) in [6, 6.07) is 3.36. The van der Waals surface area contributed by atoms with Crippen LogP contribution in [0, 0.1) is 17.6 Å². The third kappa shape index (κ3) is 3.73. The average Bonchev–Trinajstić information content (AvgIpc) is 2.39. The third-order valence-electron chi connectivity index (χ3n) is 3.38. The van der Waals surface area contributed by atoms with Crippen LogP contribution in [0.4, 0.5) is 8.78 Å². The second kappa shape index (κ2) is 6.61. The summed E-state index contributed by atoms with van der Waals surface area (Å²) in [5, 5.41) is 0. The molecule has 106 valence electrons. The Morgan fingerprint density at radius 3 is 2.47 bits per heavy atom. The second-order valence-electron chi connectivity index (χ2n) is 4.78. The largest absolute Gasteiger partial charge is 0.339 e. The summed E-state index contributed by atoms with van der Waals surface area (Å²) in [5.74, 6) is -2.02. The molecule has 0 aliphatic carbocycles. The molecule has 1 aromatic carbocycles. The van der Waals surface area contributed by atoms with E-state index in [0.29, 0.717) is 18.5 Å². The molecule has 0 heterocycles. The first-order valence-electron chi connectivity index (χ1n) is 6.30. The van der Waals surface area contributed by atoms with Gasteiger partial charge in [0.1, 0.15) is 0 Å². The Balaban J connectivity index is 2.83. The first kappa shape index (κ1) is 15.6. The smallest absolute Gasteiger partial charge is 0.225 e. The molecule has 0 aliphatic rings. The molecule has 0 bridgehead atoms. The van der Waals surface area contributed by atoms with Gasteiger partial charge in [0.15, 0.2) is 11.6 Å². The van der Waals surface area contributed by atoms with Gasteiger partial charge in [0.2, 0.25) is 5.91 Å². The fraction of sp³-hybridized carbons (Fsp3) is 0.500. The van der Waals surface area contributed by atoms with Crippen molar-refractivity contribution >= 4 is 5.91 Å². The number of halogens is 2. The standard InChI is InChI=1S/C14H20F2N2O/c1-9(6-7-17)14(19)18(3)10(2)11-4-5-12(15)13(16)8-11/h4-5,8-10H,6-7,17H2,1-3H3. The Labute approximate surface area is 112 Å². The van der Waals surface area contributed by atoms with Crippen molar-refractivity contribution in [3.63, 3.8) is 0 Å². The van der Waals surface area contributed by atoms with Gasteiger partial charge in [0, 0.05) is 13.0 Å². The highest BCUT2D eigenvalue weighted by Crippen LogP contribution is 2.22. The molecule has 2 N–H and O–H groups in total. The Kier molecular flexibility index (Phi) is 5.42. The number of carbonyl (C=O) groups excluding carboxylic acids is 1. The van der Waals surface area contributed by atoms with Crippen molar-refractivity contribution in [2.45, 2.75) is 26.3 Å². The van der Waals surface area contributed by atoms with Crippen LogP contribution in [0.25, 0.3) is 0 Å². The third-order valence-corrected chi connectivity index (χ3v) is 3.38. The van der Waals surface area contributed by atoms with Crippen molar-refractivity contribution in [2.75, 3.05) is 13.6 Å². The first-order valence-corrected chi connectivity index (χ1v) is 6.30. The number of nitrogens with zero attached hydrogens (tertiary/aromatic N) is 1. The number of rotatable bonds is 5. The van der Waals surface area contributed by atoms with Gasteiger partial charge in [-0.25, -0.2) is 8.78 Å². The number of nitrogens with two attached hydrogens (primary N) is 1. The van der Waals surface area contributed by atoms with E-state index in [0.717, 1.165) is 12.1 Å². The van der Waals surface area contributed by atoms with E-state index in [1.807, 2.05) is 6.92 Å². The molecular formula is C14H20F2N2O. The van der Waals surface area contributed by atoms with Gasteiger partial charge < -0.3 is 10.6 Å². The van der Waals surface area contributed by atoms with Crippen LogP contribution in [-0.4, -0.2) is 24.4 Å². The molecule has 0 saturated heterocycles. The summed E-state index contributed by atoms with van der Waals surface area (Å²) in [7, 11) is 1.65. The fourth-order valence-corrected chi connectivity index (χ4v) is 1.91. The summed E-state index contributed by atoms with van der Waals surface area (Å²) in [4.78, 5) is 13.6. The van der Waals surface area contributed by atoms with Crippen LogP contribution < -0.4 is 5.73 Å². The highest BCUT2D eigenvalue weighted by atomic mass is 19.2. The molecule has 1 aromatic rings. The zero-order valence-corrected chi connectivity index (χ0v) is 11.5. The van der Waals surface area contributed by atoms with E-state index in [-0.39, 0.29) is 17.9 Å². The molecule has 5 heteroatoms. The molecule has 1 amide bonds. The van der Waals surface area contributed by atoms with Crippen molar-refractivity contribution in [1.29, 1.82) is 0 Å². The average molecular weight is 270 g/mol. The SMILES string of the molecule is CC(CCN)C(=O)N(C)C(C)c1ccc(F)c(F)c1. The number of amides is 1. The molecule has 2 atom stereocenters. The number of hydrogen-bond donors (Lipinski definition) is 1. The molecule has 2 unspecified atom stereocenters. The van der Waals surface area contributed by atoms with Crippen LogP contribution in [-0.2, 0) is 4.79 Å². The van der Waals surface area contributed by atoms with E-state index in [4.69, 9.17) is 5.73 Å². The van der Waals surface area contributed by atoms with Crippen LogP contribution in [0.1, 0.15) is 31.9 Å². The lowest BCUT2D eigenvalue weighted by molar-refractivity contribution is -0.135. The molecule has 19 heavy (non-hydrogen) atoms. The number of hydrogen-bond acceptors (Lipinski definition) is 2. The van der Waals surface area contributed by atoms with Crippen LogP contribution >= 0.6 is 0 Å². The van der Waals surface area contributed by atoms with Gasteiger partial charge in [0.05, 0.1) is 6.04 Å². The van der Waals surface area contributed by atoms with Gasteiger partial charge in [-0.15, -0.1) is 0 Å². The van der Waals surface area contributed by atoms with Crippen molar-refractivity contribution in [1.82, 2.24) is 4.90 Å². The number of benzene rings is 1. The maximum Gasteiger partial charge on any atom is 0.225 e. The van der Waals surface area contributed by atoms with Crippen molar-refractivity contribution in [3.8, 4) is 0 Å². The summed E-state index contributed by atoms with van der Waals surface area (Å²) in [6.07, 6.45) is 0.605. The van der Waals surface area contributed by atoms with Crippen molar-refractivity contribution in [3.05, 3.63) is 35.4 Å². The lowest BCUT2D eigenvalue weighted by Crippen LogP contribution is -2.34. The molecular weight excluding hydrogens is 250 g/mol. The zero-order valence-electron chi connectivity index (χ0n) is 11.5. The van der Waals surface area contributed by atoms with E-state index >= 15 is 0 Å². The highest BCUT2D eigenvalue weighted by Gasteiger charge is 2.22. The van der Waals surface area contributed by atoms with Crippen molar-refractivity contribution in [2.24, 2.45) is 11.7 Å². The van der Waals surface area contributed by atoms with Crippen molar-refractivity contribution < 1.29 is 13.6 Å². The monoisotopic (exact) mass is 270 g/mol. The normalized spacial score (nSPS) is 14.0. The van der Waals surface area contributed by atoms with Gasteiger partial charge >= 0.3 is 0 Å². The molecule has 0 saturated carbocycles. The van der Waals surface area contributed by atoms with E-state index in [1.54, 1.807) is 14.0 Å². The minimum atomic E-state index is -0.903. The lowest BCUT2D eigenvalue weighted by Gasteiger charge is -2.28. The molecule has 1 rings (SSSR count). The van der Waals surface area contributed by atoms with Gasteiger partial charge in [-0.1, -0.05) is 13.0 Å². The van der Waals surface area contributed by atoms with E-state index in [1.165, 1.54) is 11.0 Å². The molecule has 0 aromatic heterocycles. The number of carbonyl (C=O) groups is 1. The second-order valence-corrected chi connectivity index (χ2v) is 4.78. The maximum atomic E-state index is 13.2. The zero-order chi connectivity index (χ0) is 14.6. The molecule has 0 fully saturated rings. The Morgan fingerprint density at radius 2 is 1.95 bits per heavy atom. The molecule has 3 nitrogen and oxygen atoms in total. The van der Waals surface area contributed by atoms with E-state index in [9.17, 15) is 13.6 Å². The quantitative estimate of drug-likeness (QED) is 0.893. The minimum Gasteiger partial charge on any atom is -0.339 e. The van der Waals surface area contributed by atoms with Gasteiger partial charge in [-0.05, 0) is 37.6 Å². The van der Waals surface area contributed by atoms with Crippen LogP contribution in [0.2, 0.25) is 0 Å². The van der Waals surface area contributed by atoms with E-state index in [2.05, 4.69) is 0 Å². The van der Waals surface area contributed by atoms with E-state index < -0.39 is 11.6 Å². The maximum absolute atomic E-state index is 13.2. The fourth-order valence-electron chi connectivity index (χ4n) is 1.91. The Hall–Kier alpha value is -1.49. The highest BCUT2D eigenvalue weighted by molar-refractivity contribution is 5.78. The predicted molar refractivity (Wildman–Crippen MR) is 70.4 cm³/mol. The molecule has 0 aliphatic heterocycles. The summed E-state index contributed by atoms with van der Waals surface area (Å²) < 4.78 is 26.1. The van der Waals surface area contributed by atoms with Crippen LogP contribution in [0.15, 0.2) is 18.2 Å². The summed E-state index contributed by atoms with van der Waals surface area (Å²) in [5.41, 5.74) is 5.99. The Bertz CT molecular complexity index is 451. The van der Waals surface area contributed by atoms with Crippen LogP contribution in [0.3, 0.4) is 0 Å². The molecule has 0 radical (unpaired) electrons. The first-order chi connectivity index (χ1) is 8.88. The lowest BCUT2D eigenvalue weighted by atomic mass is 10.0. The van der Waals surface area contributed by atoms with Gasteiger partial charge in [-0.2, -0.15) is 0 Å².